The maximum Gasteiger partial charge on any atom is 0.233 e. The van der Waals surface area contributed by atoms with Gasteiger partial charge in [-0.25, -0.2) is 4.39 Å². The number of halogens is 1. The van der Waals surface area contributed by atoms with Crippen LogP contribution in [0.3, 0.4) is 0 Å². The Balaban J connectivity index is 1.93. The number of hydrogen-bond acceptors (Lipinski definition) is 9. The lowest BCUT2D eigenvalue weighted by Gasteiger charge is -2.43. The number of ether oxygens (including phenoxy) is 1. The largest absolute Gasteiger partial charge is 0.503 e. The number of benzene rings is 1. The van der Waals surface area contributed by atoms with Crippen LogP contribution >= 0.6 is 11.8 Å². The highest BCUT2D eigenvalue weighted by molar-refractivity contribution is 8.26. The molecule has 1 aliphatic heterocycles. The SMILES string of the molecule is CCN(C)C(C1CCOCC1)N(C)n1cc(C(=N)SC(=N)Cc2ccc(F)cc2)c(=O)c(O)c1C=O. The third-order valence-corrected chi connectivity index (χ3v) is 7.24. The molecule has 3 rings (SSSR count). The molecule has 2 heterocycles. The lowest BCUT2D eigenvalue weighted by molar-refractivity contribution is 0.0272. The molecule has 194 valence electrons. The fourth-order valence-electron chi connectivity index (χ4n) is 4.42. The minimum Gasteiger partial charge on any atom is -0.503 e. The molecular weight excluding hydrogens is 485 g/mol. The predicted octanol–water partition coefficient (Wildman–Crippen LogP) is 3.06. The van der Waals surface area contributed by atoms with E-state index in [1.807, 2.05) is 14.0 Å². The van der Waals surface area contributed by atoms with Crippen molar-refractivity contribution in [2.75, 3.05) is 38.9 Å². The highest BCUT2D eigenvalue weighted by Gasteiger charge is 2.32. The van der Waals surface area contributed by atoms with Gasteiger partial charge in [-0.05, 0) is 50.0 Å². The van der Waals surface area contributed by atoms with Crippen LogP contribution in [0, 0.1) is 22.6 Å². The Morgan fingerprint density at radius 2 is 1.92 bits per heavy atom. The minimum atomic E-state index is -0.847. The van der Waals surface area contributed by atoms with E-state index in [1.54, 1.807) is 24.2 Å². The maximum atomic E-state index is 13.2. The number of hydrogen-bond donors (Lipinski definition) is 3. The van der Waals surface area contributed by atoms with Crippen LogP contribution in [0.1, 0.15) is 41.4 Å². The van der Waals surface area contributed by atoms with E-state index in [4.69, 9.17) is 15.6 Å². The number of nitrogens with zero attached hydrogens (tertiary/aromatic N) is 3. The number of aromatic hydroxyl groups is 1. The van der Waals surface area contributed by atoms with E-state index in [-0.39, 0.29) is 45.7 Å². The molecule has 0 bridgehead atoms. The van der Waals surface area contributed by atoms with Gasteiger partial charge in [-0.15, -0.1) is 0 Å². The summed E-state index contributed by atoms with van der Waals surface area (Å²) in [7, 11) is 3.75. The van der Waals surface area contributed by atoms with Gasteiger partial charge < -0.3 is 9.84 Å². The molecule has 0 spiro atoms. The van der Waals surface area contributed by atoms with Crippen molar-refractivity contribution in [3.63, 3.8) is 0 Å². The maximum absolute atomic E-state index is 13.2. The van der Waals surface area contributed by atoms with Gasteiger partial charge in [0.05, 0.1) is 16.8 Å². The first-order valence-electron chi connectivity index (χ1n) is 11.7. The van der Waals surface area contributed by atoms with Gasteiger partial charge in [0, 0.05) is 32.9 Å². The summed E-state index contributed by atoms with van der Waals surface area (Å²) in [6.07, 6.45) is 3.44. The topological polar surface area (TPSA) is 123 Å². The third kappa shape index (κ3) is 6.21. The number of carbonyl (C=O) groups excluding carboxylic acids is 1. The van der Waals surface area contributed by atoms with Crippen molar-refractivity contribution in [3.8, 4) is 5.75 Å². The molecule has 1 fully saturated rings. The van der Waals surface area contributed by atoms with Gasteiger partial charge in [0.15, 0.2) is 12.0 Å². The van der Waals surface area contributed by atoms with Gasteiger partial charge >= 0.3 is 0 Å². The molecule has 9 nitrogen and oxygen atoms in total. The highest BCUT2D eigenvalue weighted by atomic mass is 32.2. The summed E-state index contributed by atoms with van der Waals surface area (Å²) >= 11 is 0.770. The third-order valence-electron chi connectivity index (χ3n) is 6.42. The van der Waals surface area contributed by atoms with E-state index in [9.17, 15) is 19.1 Å². The molecule has 1 aliphatic rings. The Hall–Kier alpha value is -3.02. The van der Waals surface area contributed by atoms with Crippen molar-refractivity contribution in [2.45, 2.75) is 32.4 Å². The van der Waals surface area contributed by atoms with Gasteiger partial charge in [0.25, 0.3) is 0 Å². The fourth-order valence-corrected chi connectivity index (χ4v) is 5.16. The molecule has 36 heavy (non-hydrogen) atoms. The van der Waals surface area contributed by atoms with Gasteiger partial charge in [-0.1, -0.05) is 30.8 Å². The lowest BCUT2D eigenvalue weighted by Crippen LogP contribution is -2.56. The second kappa shape index (κ2) is 12.3. The van der Waals surface area contributed by atoms with E-state index in [1.165, 1.54) is 23.0 Å². The molecule has 0 aliphatic carbocycles. The van der Waals surface area contributed by atoms with Gasteiger partial charge in [0.1, 0.15) is 16.6 Å². The Morgan fingerprint density at radius 1 is 1.28 bits per heavy atom. The first-order chi connectivity index (χ1) is 17.2. The number of aldehydes is 1. The summed E-state index contributed by atoms with van der Waals surface area (Å²) < 4.78 is 20.1. The summed E-state index contributed by atoms with van der Waals surface area (Å²) in [6, 6.07) is 5.71. The fraction of sp³-hybridized carbons (Fsp3) is 0.440. The molecule has 1 unspecified atom stereocenters. The zero-order chi connectivity index (χ0) is 26.4. The van der Waals surface area contributed by atoms with Crippen molar-refractivity contribution < 1.29 is 19.0 Å². The Bertz CT molecular complexity index is 1160. The van der Waals surface area contributed by atoms with Crippen molar-refractivity contribution in [3.05, 3.63) is 63.3 Å². The van der Waals surface area contributed by atoms with E-state index in [2.05, 4.69) is 4.90 Å². The Morgan fingerprint density at radius 3 is 2.50 bits per heavy atom. The molecule has 1 saturated heterocycles. The van der Waals surface area contributed by atoms with Crippen LogP contribution in [0.25, 0.3) is 0 Å². The van der Waals surface area contributed by atoms with Crippen LogP contribution in [0.15, 0.2) is 35.3 Å². The Labute approximate surface area is 213 Å². The average Bonchev–Trinajstić information content (AvgIpc) is 2.87. The predicted molar refractivity (Wildman–Crippen MR) is 140 cm³/mol. The van der Waals surface area contributed by atoms with Crippen molar-refractivity contribution >= 4 is 28.1 Å². The van der Waals surface area contributed by atoms with Crippen LogP contribution < -0.4 is 10.4 Å². The lowest BCUT2D eigenvalue weighted by atomic mass is 9.95. The monoisotopic (exact) mass is 517 g/mol. The van der Waals surface area contributed by atoms with E-state index in [0.717, 1.165) is 31.1 Å². The normalized spacial score (nSPS) is 15.0. The smallest absolute Gasteiger partial charge is 0.233 e. The molecule has 3 N–H and O–H groups in total. The number of carbonyl (C=O) groups is 1. The van der Waals surface area contributed by atoms with Crippen LogP contribution in [-0.2, 0) is 11.2 Å². The minimum absolute atomic E-state index is 0.0793. The van der Waals surface area contributed by atoms with Gasteiger partial charge in [-0.2, -0.15) is 0 Å². The van der Waals surface area contributed by atoms with E-state index in [0.29, 0.717) is 25.1 Å². The molecule has 1 aromatic carbocycles. The summed E-state index contributed by atoms with van der Waals surface area (Å²) in [5, 5.41) is 29.0. The quantitative estimate of drug-likeness (QED) is 0.202. The number of nitrogens with one attached hydrogen (secondary N) is 2. The number of pyridine rings is 1. The Kier molecular flexibility index (Phi) is 9.41. The van der Waals surface area contributed by atoms with Crippen molar-refractivity contribution in [1.82, 2.24) is 9.58 Å². The van der Waals surface area contributed by atoms with Crippen LogP contribution in [0.4, 0.5) is 4.39 Å². The molecule has 2 aromatic rings. The molecule has 11 heteroatoms. The zero-order valence-corrected chi connectivity index (χ0v) is 21.5. The molecule has 1 aromatic heterocycles. The summed E-state index contributed by atoms with van der Waals surface area (Å²) in [4.78, 5) is 26.9. The van der Waals surface area contributed by atoms with Gasteiger partial charge in [0.2, 0.25) is 5.43 Å². The summed E-state index contributed by atoms with van der Waals surface area (Å²) in [5.41, 5.74) is -0.476. The molecule has 0 amide bonds. The number of aromatic nitrogens is 1. The zero-order valence-electron chi connectivity index (χ0n) is 20.7. The van der Waals surface area contributed by atoms with Crippen molar-refractivity contribution in [1.29, 1.82) is 10.8 Å². The van der Waals surface area contributed by atoms with E-state index < -0.39 is 11.2 Å². The van der Waals surface area contributed by atoms with Crippen LogP contribution in [-0.4, -0.2) is 71.1 Å². The first-order valence-corrected chi connectivity index (χ1v) is 12.5. The van der Waals surface area contributed by atoms with E-state index >= 15 is 0 Å². The van der Waals surface area contributed by atoms with Crippen LogP contribution in [0.5, 0.6) is 5.75 Å². The second-order valence-corrected chi connectivity index (χ2v) is 9.84. The number of thioether (sulfide) groups is 1. The summed E-state index contributed by atoms with van der Waals surface area (Å²) in [6.45, 7) is 4.01. The molecule has 1 atom stereocenters. The van der Waals surface area contributed by atoms with Crippen molar-refractivity contribution in [2.24, 2.45) is 5.92 Å². The average molecular weight is 518 g/mol. The standard InChI is InChI=1S/C25H32FN5O4S/c1-4-29(2)25(17-9-11-35-12-10-17)30(3)31-14-19(22(33)23(34)20(31)15-32)24(28)36-21(27)13-16-5-7-18(26)8-6-16/h5-8,14-15,17,25,27-28,34H,4,9-13H2,1-3H3. The van der Waals surface area contributed by atoms with Gasteiger partial charge in [-0.3, -0.25) is 35.0 Å². The van der Waals surface area contributed by atoms with Crippen LogP contribution in [0.2, 0.25) is 0 Å². The summed E-state index contributed by atoms with van der Waals surface area (Å²) in [5.74, 6) is -0.903. The molecular formula is C25H32FN5O4S. The first kappa shape index (κ1) is 27.6. The molecule has 0 radical (unpaired) electrons. The number of rotatable bonds is 9. The highest BCUT2D eigenvalue weighted by Crippen LogP contribution is 2.26. The molecule has 0 saturated carbocycles. The second-order valence-electron chi connectivity index (χ2n) is 8.74.